The van der Waals surface area contributed by atoms with Crippen molar-refractivity contribution in [2.24, 2.45) is 0 Å². The van der Waals surface area contributed by atoms with Gasteiger partial charge in [-0.05, 0) is 12.1 Å². The second kappa shape index (κ2) is 8.98. The molecule has 11 nitrogen and oxygen atoms in total. The number of amides is 1. The maximum absolute atomic E-state index is 11.6. The molecule has 0 aliphatic heterocycles. The molecule has 0 spiro atoms. The molecule has 0 bridgehead atoms. The minimum atomic E-state index is -0.637. The Morgan fingerprint density at radius 2 is 1.92 bits per heavy atom. The Bertz CT molecular complexity index is 779. The summed E-state index contributed by atoms with van der Waals surface area (Å²) in [5.41, 5.74) is 9.51. The lowest BCUT2D eigenvalue weighted by Gasteiger charge is -2.08. The average Bonchev–Trinajstić information content (AvgIpc) is 2.61. The highest BCUT2D eigenvalue weighted by molar-refractivity contribution is 5.89. The fraction of sp³-hybridized carbons (Fsp3) is 0.214. The van der Waals surface area contributed by atoms with Crippen molar-refractivity contribution in [3.8, 4) is 0 Å². The molecule has 0 saturated carbocycles. The van der Waals surface area contributed by atoms with Crippen molar-refractivity contribution >= 4 is 23.6 Å². The average molecular weight is 348 g/mol. The van der Waals surface area contributed by atoms with Gasteiger partial charge in [-0.1, -0.05) is 18.2 Å². The van der Waals surface area contributed by atoms with Gasteiger partial charge in [0.1, 0.15) is 13.2 Å². The van der Waals surface area contributed by atoms with Crippen LogP contribution in [0.2, 0.25) is 0 Å². The third-order valence-electron chi connectivity index (χ3n) is 2.74. The molecule has 132 valence electrons. The van der Waals surface area contributed by atoms with E-state index in [0.717, 1.165) is 0 Å². The van der Waals surface area contributed by atoms with Gasteiger partial charge in [0, 0.05) is 0 Å². The fourth-order valence-electron chi connectivity index (χ4n) is 1.61. The van der Waals surface area contributed by atoms with Gasteiger partial charge >= 0.3 is 5.97 Å². The first-order valence-corrected chi connectivity index (χ1v) is 7.13. The van der Waals surface area contributed by atoms with E-state index in [1.807, 2.05) is 0 Å². The maximum atomic E-state index is 11.6. The first-order chi connectivity index (χ1) is 12.1. The molecule has 2 rings (SSSR count). The number of benzene rings is 1. The second-order valence-corrected chi connectivity index (χ2v) is 4.62. The summed E-state index contributed by atoms with van der Waals surface area (Å²) < 4.78 is 10.0. The van der Waals surface area contributed by atoms with E-state index in [1.54, 1.807) is 30.3 Å². The Labute approximate surface area is 141 Å². The summed E-state index contributed by atoms with van der Waals surface area (Å²) in [6.45, 7) is -0.276. The first-order valence-electron chi connectivity index (χ1n) is 7.13. The summed E-state index contributed by atoms with van der Waals surface area (Å²) in [6.07, 6.45) is 0. The van der Waals surface area contributed by atoms with Crippen molar-refractivity contribution in [3.63, 3.8) is 0 Å². The third-order valence-corrected chi connectivity index (χ3v) is 2.74. The summed E-state index contributed by atoms with van der Waals surface area (Å²) >= 11 is 0. The molecule has 11 heteroatoms. The van der Waals surface area contributed by atoms with Gasteiger partial charge in [0.15, 0.2) is 0 Å². The number of nitrogens with two attached hydrogens (primary N) is 1. The zero-order valence-corrected chi connectivity index (χ0v) is 13.0. The van der Waals surface area contributed by atoms with Crippen LogP contribution in [0.3, 0.4) is 0 Å². The van der Waals surface area contributed by atoms with E-state index in [4.69, 9.17) is 15.2 Å². The Balaban J connectivity index is 1.61. The van der Waals surface area contributed by atoms with Gasteiger partial charge in [-0.3, -0.25) is 25.4 Å². The van der Waals surface area contributed by atoms with Gasteiger partial charge in [0.05, 0.1) is 12.2 Å². The largest absolute Gasteiger partial charge is 0.460 e. The molecule has 1 aromatic carbocycles. The summed E-state index contributed by atoms with van der Waals surface area (Å²) in [5, 5.41) is 6.89. The van der Waals surface area contributed by atoms with Gasteiger partial charge < -0.3 is 15.2 Å². The molecule has 2 aromatic rings. The van der Waals surface area contributed by atoms with Crippen molar-refractivity contribution in [3.05, 3.63) is 46.2 Å². The van der Waals surface area contributed by atoms with E-state index >= 15 is 0 Å². The van der Waals surface area contributed by atoms with Crippen LogP contribution in [0, 0.1) is 0 Å². The Kier molecular flexibility index (Phi) is 6.42. The molecule has 0 saturated heterocycles. The quantitative estimate of drug-likeness (QED) is 0.268. The minimum Gasteiger partial charge on any atom is -0.460 e. The van der Waals surface area contributed by atoms with Crippen LogP contribution in [0.1, 0.15) is 10.4 Å². The van der Waals surface area contributed by atoms with Crippen LogP contribution in [0.15, 0.2) is 35.1 Å². The van der Waals surface area contributed by atoms with Crippen molar-refractivity contribution in [1.82, 2.24) is 20.6 Å². The second-order valence-electron chi connectivity index (χ2n) is 4.62. The number of nitrogen functional groups attached to an aromatic ring is 1. The Morgan fingerprint density at radius 1 is 1.16 bits per heavy atom. The van der Waals surface area contributed by atoms with Crippen LogP contribution >= 0.6 is 0 Å². The van der Waals surface area contributed by atoms with E-state index in [0.29, 0.717) is 5.56 Å². The normalized spacial score (nSPS) is 10.1. The number of hydrazine groups is 1. The molecule has 1 amide bonds. The highest BCUT2D eigenvalue weighted by Gasteiger charge is 2.07. The summed E-state index contributed by atoms with van der Waals surface area (Å²) in [7, 11) is 0. The van der Waals surface area contributed by atoms with Gasteiger partial charge in [-0.2, -0.15) is 0 Å². The van der Waals surface area contributed by atoms with Crippen LogP contribution in [-0.4, -0.2) is 46.9 Å². The molecule has 0 aliphatic rings. The molecular weight excluding hydrogens is 332 g/mol. The highest BCUT2D eigenvalue weighted by Crippen LogP contribution is 2.00. The van der Waals surface area contributed by atoms with Gasteiger partial charge in [-0.15, -0.1) is 10.2 Å². The van der Waals surface area contributed by atoms with E-state index < -0.39 is 17.4 Å². The molecule has 1 aromatic heterocycles. The topological polar surface area (TPSA) is 161 Å². The molecule has 0 radical (unpaired) electrons. The monoisotopic (exact) mass is 348 g/mol. The van der Waals surface area contributed by atoms with E-state index in [9.17, 15) is 14.4 Å². The van der Waals surface area contributed by atoms with Gasteiger partial charge in [0.2, 0.25) is 11.8 Å². The number of rotatable bonds is 8. The van der Waals surface area contributed by atoms with Crippen molar-refractivity contribution in [2.75, 3.05) is 31.0 Å². The Morgan fingerprint density at radius 3 is 2.64 bits per heavy atom. The zero-order chi connectivity index (χ0) is 18.1. The first kappa shape index (κ1) is 17.9. The molecule has 1 heterocycles. The lowest BCUT2D eigenvalue weighted by atomic mass is 10.2. The summed E-state index contributed by atoms with van der Waals surface area (Å²) in [6, 6.07) is 8.49. The molecule has 0 aliphatic carbocycles. The van der Waals surface area contributed by atoms with Crippen molar-refractivity contribution in [2.45, 2.75) is 0 Å². The third kappa shape index (κ3) is 5.91. The number of esters is 1. The number of anilines is 2. The fourth-order valence-corrected chi connectivity index (χ4v) is 1.61. The number of aromatic amines is 1. The number of aromatic nitrogens is 3. The smallest absolute Gasteiger partial charge is 0.338 e. The summed E-state index contributed by atoms with van der Waals surface area (Å²) in [5.74, 6) is -1.40. The van der Waals surface area contributed by atoms with Crippen LogP contribution < -0.4 is 22.1 Å². The number of ether oxygens (including phenoxy) is 2. The van der Waals surface area contributed by atoms with Crippen LogP contribution in [-0.2, 0) is 14.3 Å². The van der Waals surface area contributed by atoms with E-state index in [-0.39, 0.29) is 31.6 Å². The minimum absolute atomic E-state index is 0.00244. The zero-order valence-electron chi connectivity index (χ0n) is 13.0. The SMILES string of the molecule is Nc1nnc(NNC(=O)COCCOC(=O)c2ccccc2)c(=O)[nH]1. The maximum Gasteiger partial charge on any atom is 0.338 e. The van der Waals surface area contributed by atoms with Crippen LogP contribution in [0.5, 0.6) is 0 Å². The number of H-pyrrole nitrogens is 1. The predicted molar refractivity (Wildman–Crippen MR) is 86.4 cm³/mol. The molecule has 0 fully saturated rings. The molecule has 0 atom stereocenters. The van der Waals surface area contributed by atoms with Crippen LogP contribution in [0.4, 0.5) is 11.8 Å². The Hall–Kier alpha value is -3.47. The van der Waals surface area contributed by atoms with Crippen molar-refractivity contribution < 1.29 is 19.1 Å². The molecule has 25 heavy (non-hydrogen) atoms. The number of hydrogen-bond acceptors (Lipinski definition) is 9. The van der Waals surface area contributed by atoms with Crippen molar-refractivity contribution in [1.29, 1.82) is 0 Å². The highest BCUT2D eigenvalue weighted by atomic mass is 16.6. The number of nitrogens with zero attached hydrogens (tertiary/aromatic N) is 2. The number of carbonyl (C=O) groups excluding carboxylic acids is 2. The standard InChI is InChI=1S/C14H16N6O5/c15-14-16-12(22)11(19-20-14)18-17-10(21)8-24-6-7-25-13(23)9-4-2-1-3-5-9/h1-5H,6-8H2,(H,17,21)(H,18,19)(H3,15,16,20,22). The van der Waals surface area contributed by atoms with Gasteiger partial charge in [-0.25, -0.2) is 4.79 Å². The molecule has 5 N–H and O–H groups in total. The lowest BCUT2D eigenvalue weighted by Crippen LogP contribution is -2.36. The number of nitrogens with one attached hydrogen (secondary N) is 3. The predicted octanol–water partition coefficient (Wildman–Crippen LogP) is -0.936. The number of carbonyl (C=O) groups is 2. The van der Waals surface area contributed by atoms with Gasteiger partial charge in [0.25, 0.3) is 11.5 Å². The van der Waals surface area contributed by atoms with E-state index in [2.05, 4.69) is 26.0 Å². The lowest BCUT2D eigenvalue weighted by molar-refractivity contribution is -0.125. The molecule has 0 unspecified atom stereocenters. The summed E-state index contributed by atoms with van der Waals surface area (Å²) in [4.78, 5) is 36.8. The van der Waals surface area contributed by atoms with E-state index in [1.165, 1.54) is 0 Å². The van der Waals surface area contributed by atoms with Crippen LogP contribution in [0.25, 0.3) is 0 Å². The molecular formula is C14H16N6O5. The number of hydrogen-bond donors (Lipinski definition) is 4.